The summed E-state index contributed by atoms with van der Waals surface area (Å²) in [4.78, 5) is 0. The highest BCUT2D eigenvalue weighted by atomic mass is 16.5. The molecule has 0 heterocycles. The van der Waals surface area contributed by atoms with Crippen LogP contribution in [0.1, 0.15) is 20.3 Å². The first-order valence-corrected chi connectivity index (χ1v) is 4.33. The number of nitrogens with one attached hydrogen (secondary N) is 1. The summed E-state index contributed by atoms with van der Waals surface area (Å²) < 4.78 is 5.33. The zero-order valence-corrected chi connectivity index (χ0v) is 7.60. The lowest BCUT2D eigenvalue weighted by Gasteiger charge is -2.11. The summed E-state index contributed by atoms with van der Waals surface area (Å²) in [6.07, 6.45) is 1.36. The van der Waals surface area contributed by atoms with E-state index in [0.29, 0.717) is 6.10 Å². The molecule has 3 heteroatoms. The van der Waals surface area contributed by atoms with Gasteiger partial charge in [-0.2, -0.15) is 0 Å². The number of rotatable bonds is 7. The van der Waals surface area contributed by atoms with Crippen LogP contribution in [0.2, 0.25) is 0 Å². The third kappa shape index (κ3) is 7.78. The van der Waals surface area contributed by atoms with E-state index in [-0.39, 0.29) is 0 Å². The van der Waals surface area contributed by atoms with Crippen molar-refractivity contribution in [3.63, 3.8) is 0 Å². The van der Waals surface area contributed by atoms with Crippen molar-refractivity contribution in [1.29, 1.82) is 0 Å². The van der Waals surface area contributed by atoms with E-state index in [1.807, 2.05) is 6.92 Å². The first kappa shape index (κ1) is 10.9. The Bertz CT molecular complexity index is 78.5. The molecule has 0 saturated heterocycles. The van der Waals surface area contributed by atoms with Crippen molar-refractivity contribution in [2.45, 2.75) is 26.4 Å². The summed E-state index contributed by atoms with van der Waals surface area (Å²) in [5.41, 5.74) is 5.33. The zero-order chi connectivity index (χ0) is 8.53. The average Bonchev–Trinajstić information content (AvgIpc) is 1.99. The summed E-state index contributed by atoms with van der Waals surface area (Å²) >= 11 is 0. The summed E-state index contributed by atoms with van der Waals surface area (Å²) in [6.45, 7) is 7.55. The standard InChI is InChI=1S/C8H20N2O/c1-3-11-8(2)7-10-6-4-5-9/h8,10H,3-7,9H2,1-2H3. The minimum absolute atomic E-state index is 0.317. The molecule has 0 saturated carbocycles. The van der Waals surface area contributed by atoms with Gasteiger partial charge in [0.1, 0.15) is 0 Å². The van der Waals surface area contributed by atoms with Crippen molar-refractivity contribution >= 4 is 0 Å². The van der Waals surface area contributed by atoms with Gasteiger partial charge in [0.2, 0.25) is 0 Å². The van der Waals surface area contributed by atoms with Gasteiger partial charge in [-0.25, -0.2) is 0 Å². The molecule has 3 N–H and O–H groups in total. The number of hydrogen-bond acceptors (Lipinski definition) is 3. The molecule has 0 rings (SSSR count). The molecule has 3 nitrogen and oxygen atoms in total. The van der Waals surface area contributed by atoms with E-state index in [9.17, 15) is 0 Å². The van der Waals surface area contributed by atoms with Gasteiger partial charge in [-0.15, -0.1) is 0 Å². The first-order valence-electron chi connectivity index (χ1n) is 4.33. The highest BCUT2D eigenvalue weighted by Gasteiger charge is 1.97. The summed E-state index contributed by atoms with van der Waals surface area (Å²) in [6, 6.07) is 0. The largest absolute Gasteiger partial charge is 0.377 e. The maximum atomic E-state index is 5.33. The molecule has 0 spiro atoms. The van der Waals surface area contributed by atoms with Gasteiger partial charge in [-0.3, -0.25) is 0 Å². The van der Waals surface area contributed by atoms with Crippen molar-refractivity contribution in [1.82, 2.24) is 5.32 Å². The maximum absolute atomic E-state index is 5.33. The number of ether oxygens (including phenoxy) is 1. The van der Waals surface area contributed by atoms with Gasteiger partial charge in [0.25, 0.3) is 0 Å². The van der Waals surface area contributed by atoms with Crippen LogP contribution in [0.3, 0.4) is 0 Å². The van der Waals surface area contributed by atoms with Crippen molar-refractivity contribution in [3.05, 3.63) is 0 Å². The van der Waals surface area contributed by atoms with Gasteiger partial charge in [0.15, 0.2) is 0 Å². The fourth-order valence-corrected chi connectivity index (χ4v) is 0.876. The average molecular weight is 160 g/mol. The quantitative estimate of drug-likeness (QED) is 0.528. The minimum atomic E-state index is 0.317. The molecule has 68 valence electrons. The van der Waals surface area contributed by atoms with Crippen LogP contribution in [0.15, 0.2) is 0 Å². The Labute approximate surface area is 69.3 Å². The topological polar surface area (TPSA) is 47.3 Å². The lowest BCUT2D eigenvalue weighted by Crippen LogP contribution is -2.28. The molecule has 0 aliphatic carbocycles. The van der Waals surface area contributed by atoms with E-state index in [1.165, 1.54) is 0 Å². The second-order valence-corrected chi connectivity index (χ2v) is 2.61. The van der Waals surface area contributed by atoms with E-state index >= 15 is 0 Å². The normalized spacial score (nSPS) is 13.4. The Balaban J connectivity index is 2.97. The molecular weight excluding hydrogens is 140 g/mol. The molecule has 0 amide bonds. The van der Waals surface area contributed by atoms with Gasteiger partial charge in [0.05, 0.1) is 6.10 Å². The van der Waals surface area contributed by atoms with E-state index in [1.54, 1.807) is 0 Å². The molecule has 0 radical (unpaired) electrons. The Morgan fingerprint density at radius 2 is 2.27 bits per heavy atom. The van der Waals surface area contributed by atoms with Gasteiger partial charge in [0, 0.05) is 13.2 Å². The Hall–Kier alpha value is -0.120. The van der Waals surface area contributed by atoms with Crippen LogP contribution >= 0.6 is 0 Å². The van der Waals surface area contributed by atoms with Crippen LogP contribution in [0.25, 0.3) is 0 Å². The molecule has 0 aliphatic rings. The van der Waals surface area contributed by atoms with Crippen LogP contribution in [-0.4, -0.2) is 32.3 Å². The first-order chi connectivity index (χ1) is 5.31. The lowest BCUT2D eigenvalue weighted by atomic mass is 10.3. The van der Waals surface area contributed by atoms with Crippen LogP contribution < -0.4 is 11.1 Å². The van der Waals surface area contributed by atoms with Crippen LogP contribution in [0, 0.1) is 0 Å². The smallest absolute Gasteiger partial charge is 0.0671 e. The third-order valence-electron chi connectivity index (χ3n) is 1.44. The van der Waals surface area contributed by atoms with Crippen LogP contribution in [0.5, 0.6) is 0 Å². The van der Waals surface area contributed by atoms with Gasteiger partial charge >= 0.3 is 0 Å². The van der Waals surface area contributed by atoms with E-state index in [0.717, 1.165) is 32.7 Å². The maximum Gasteiger partial charge on any atom is 0.0671 e. The molecule has 1 atom stereocenters. The molecule has 1 unspecified atom stereocenters. The Kier molecular flexibility index (Phi) is 7.89. The minimum Gasteiger partial charge on any atom is -0.377 e. The summed E-state index contributed by atoms with van der Waals surface area (Å²) in [7, 11) is 0. The van der Waals surface area contributed by atoms with Crippen LogP contribution in [0.4, 0.5) is 0 Å². The molecule has 0 aromatic heterocycles. The van der Waals surface area contributed by atoms with Crippen LogP contribution in [-0.2, 0) is 4.74 Å². The number of nitrogens with two attached hydrogens (primary N) is 1. The Morgan fingerprint density at radius 3 is 2.82 bits per heavy atom. The molecule has 0 fully saturated rings. The predicted molar refractivity (Wildman–Crippen MR) is 47.6 cm³/mol. The van der Waals surface area contributed by atoms with Gasteiger partial charge in [-0.05, 0) is 33.4 Å². The second kappa shape index (κ2) is 7.98. The van der Waals surface area contributed by atoms with E-state index in [4.69, 9.17) is 10.5 Å². The van der Waals surface area contributed by atoms with Crippen molar-refractivity contribution in [3.8, 4) is 0 Å². The van der Waals surface area contributed by atoms with Crippen molar-refractivity contribution in [2.75, 3.05) is 26.2 Å². The highest BCUT2D eigenvalue weighted by Crippen LogP contribution is 1.86. The third-order valence-corrected chi connectivity index (χ3v) is 1.44. The van der Waals surface area contributed by atoms with Gasteiger partial charge < -0.3 is 15.8 Å². The molecular formula is C8H20N2O. The lowest BCUT2D eigenvalue weighted by molar-refractivity contribution is 0.0763. The second-order valence-electron chi connectivity index (χ2n) is 2.61. The Morgan fingerprint density at radius 1 is 1.55 bits per heavy atom. The summed E-state index contributed by atoms with van der Waals surface area (Å²) in [5.74, 6) is 0. The number of hydrogen-bond donors (Lipinski definition) is 2. The highest BCUT2D eigenvalue weighted by molar-refractivity contribution is 4.54. The predicted octanol–water partition coefficient (Wildman–Crippen LogP) is 0.350. The molecule has 0 aromatic rings. The summed E-state index contributed by atoms with van der Waals surface area (Å²) in [5, 5.41) is 3.27. The van der Waals surface area contributed by atoms with Gasteiger partial charge in [-0.1, -0.05) is 0 Å². The zero-order valence-electron chi connectivity index (χ0n) is 7.60. The molecule has 0 bridgehead atoms. The molecule has 0 aromatic carbocycles. The molecule has 0 aliphatic heterocycles. The van der Waals surface area contributed by atoms with E-state index in [2.05, 4.69) is 12.2 Å². The van der Waals surface area contributed by atoms with Crippen molar-refractivity contribution < 1.29 is 4.74 Å². The molecule has 11 heavy (non-hydrogen) atoms. The SMILES string of the molecule is CCOC(C)CNCCCN. The fraction of sp³-hybridized carbons (Fsp3) is 1.00. The van der Waals surface area contributed by atoms with Crippen molar-refractivity contribution in [2.24, 2.45) is 5.73 Å². The monoisotopic (exact) mass is 160 g/mol. The van der Waals surface area contributed by atoms with E-state index < -0.39 is 0 Å². The fourth-order valence-electron chi connectivity index (χ4n) is 0.876.